The lowest BCUT2D eigenvalue weighted by atomic mass is 10.2. The molecule has 0 saturated carbocycles. The van der Waals surface area contributed by atoms with Crippen LogP contribution in [0.4, 0.5) is 0 Å². The van der Waals surface area contributed by atoms with Crippen LogP contribution in [0.5, 0.6) is 0 Å². The molecule has 0 N–H and O–H groups in total. The summed E-state index contributed by atoms with van der Waals surface area (Å²) < 4.78 is 23.8. The van der Waals surface area contributed by atoms with E-state index >= 15 is 0 Å². The maximum absolute atomic E-state index is 11.9. The third-order valence-electron chi connectivity index (χ3n) is 2.84. The maximum Gasteiger partial charge on any atom is 0.155 e. The van der Waals surface area contributed by atoms with Gasteiger partial charge in [0.2, 0.25) is 0 Å². The van der Waals surface area contributed by atoms with Crippen LogP contribution >= 0.6 is 0 Å². The lowest BCUT2D eigenvalue weighted by Gasteiger charge is -2.17. The molecule has 0 heterocycles. The predicted molar refractivity (Wildman–Crippen MR) is 71.7 cm³/mol. The highest BCUT2D eigenvalue weighted by Crippen LogP contribution is 2.06. The van der Waals surface area contributed by atoms with Gasteiger partial charge in [0.1, 0.15) is 0 Å². The highest BCUT2D eigenvalue weighted by atomic mass is 32.2. The van der Waals surface area contributed by atoms with Crippen molar-refractivity contribution in [2.24, 2.45) is 0 Å². The molecule has 1 aromatic rings. The average molecular weight is 255 g/mol. The Morgan fingerprint density at radius 3 is 2.18 bits per heavy atom. The Morgan fingerprint density at radius 2 is 1.65 bits per heavy atom. The first-order valence-electron chi connectivity index (χ1n) is 6.04. The normalized spacial score (nSPS) is 11.9. The van der Waals surface area contributed by atoms with Crippen LogP contribution in [-0.2, 0) is 15.6 Å². The van der Waals surface area contributed by atoms with Gasteiger partial charge in [-0.15, -0.1) is 0 Å². The molecule has 0 unspecified atom stereocenters. The molecule has 0 bridgehead atoms. The molecule has 0 radical (unpaired) electrons. The third kappa shape index (κ3) is 5.33. The summed E-state index contributed by atoms with van der Waals surface area (Å²) >= 11 is 0. The van der Waals surface area contributed by atoms with Crippen molar-refractivity contribution in [2.45, 2.75) is 19.6 Å². The van der Waals surface area contributed by atoms with Crippen LogP contribution in [0.3, 0.4) is 0 Å². The fraction of sp³-hybridized carbons (Fsp3) is 0.538. The molecule has 0 aliphatic rings. The highest BCUT2D eigenvalue weighted by molar-refractivity contribution is 7.90. The van der Waals surface area contributed by atoms with Crippen LogP contribution in [0.25, 0.3) is 0 Å². The molecule has 96 valence electrons. The van der Waals surface area contributed by atoms with E-state index in [0.717, 1.165) is 18.7 Å². The Kier molecular flexibility index (Phi) is 5.65. The van der Waals surface area contributed by atoms with E-state index in [9.17, 15) is 8.42 Å². The van der Waals surface area contributed by atoms with Gasteiger partial charge in [-0.05, 0) is 18.7 Å². The second-order valence-electron chi connectivity index (χ2n) is 4.10. The zero-order valence-electron chi connectivity index (χ0n) is 10.6. The fourth-order valence-corrected chi connectivity index (χ4v) is 3.09. The minimum absolute atomic E-state index is 0.148. The van der Waals surface area contributed by atoms with Gasteiger partial charge in [0, 0.05) is 6.54 Å². The van der Waals surface area contributed by atoms with E-state index < -0.39 is 9.84 Å². The van der Waals surface area contributed by atoms with E-state index in [-0.39, 0.29) is 11.5 Å². The van der Waals surface area contributed by atoms with E-state index in [4.69, 9.17) is 0 Å². The van der Waals surface area contributed by atoms with Gasteiger partial charge in [-0.1, -0.05) is 44.2 Å². The molecule has 0 aliphatic heterocycles. The van der Waals surface area contributed by atoms with Crippen LogP contribution in [0.2, 0.25) is 0 Å². The van der Waals surface area contributed by atoms with Gasteiger partial charge in [-0.25, -0.2) is 8.42 Å². The summed E-state index contributed by atoms with van der Waals surface area (Å²) in [5.41, 5.74) is 0.868. The number of hydrogen-bond donors (Lipinski definition) is 0. The summed E-state index contributed by atoms with van der Waals surface area (Å²) in [7, 11) is -2.99. The highest BCUT2D eigenvalue weighted by Gasteiger charge is 2.13. The topological polar surface area (TPSA) is 37.4 Å². The van der Waals surface area contributed by atoms with Crippen molar-refractivity contribution in [1.29, 1.82) is 0 Å². The molecule has 1 rings (SSSR count). The van der Waals surface area contributed by atoms with E-state index in [1.165, 1.54) is 0 Å². The second-order valence-corrected chi connectivity index (χ2v) is 6.29. The van der Waals surface area contributed by atoms with Gasteiger partial charge in [-0.3, -0.25) is 0 Å². The van der Waals surface area contributed by atoms with Crippen molar-refractivity contribution in [3.05, 3.63) is 35.9 Å². The summed E-state index contributed by atoms with van der Waals surface area (Å²) in [6.07, 6.45) is 0. The van der Waals surface area contributed by atoms with Crippen LogP contribution in [-0.4, -0.2) is 38.7 Å². The van der Waals surface area contributed by atoms with Gasteiger partial charge in [0.05, 0.1) is 11.5 Å². The van der Waals surface area contributed by atoms with Gasteiger partial charge in [0.15, 0.2) is 9.84 Å². The van der Waals surface area contributed by atoms with E-state index in [0.29, 0.717) is 6.54 Å². The molecule has 17 heavy (non-hydrogen) atoms. The third-order valence-corrected chi connectivity index (χ3v) is 4.42. The largest absolute Gasteiger partial charge is 0.303 e. The fourth-order valence-electron chi connectivity index (χ4n) is 1.71. The molecular weight excluding hydrogens is 234 g/mol. The number of rotatable bonds is 7. The molecule has 0 aliphatic carbocycles. The monoisotopic (exact) mass is 255 g/mol. The van der Waals surface area contributed by atoms with Crippen LogP contribution in [0, 0.1) is 0 Å². The molecular formula is C13H21NO2S. The smallest absolute Gasteiger partial charge is 0.155 e. The van der Waals surface area contributed by atoms with E-state index in [2.05, 4.69) is 4.90 Å². The summed E-state index contributed by atoms with van der Waals surface area (Å²) in [6, 6.07) is 9.35. The molecule has 0 saturated heterocycles. The summed E-state index contributed by atoms with van der Waals surface area (Å²) in [6.45, 7) is 6.53. The Balaban J connectivity index is 2.52. The van der Waals surface area contributed by atoms with Crippen molar-refractivity contribution < 1.29 is 8.42 Å². The predicted octanol–water partition coefficient (Wildman–Crippen LogP) is 1.94. The average Bonchev–Trinajstić information content (AvgIpc) is 2.31. The van der Waals surface area contributed by atoms with E-state index in [1.54, 1.807) is 0 Å². The Bertz CT molecular complexity index is 410. The molecule has 0 fully saturated rings. The Morgan fingerprint density at radius 1 is 1.06 bits per heavy atom. The number of hydrogen-bond acceptors (Lipinski definition) is 3. The van der Waals surface area contributed by atoms with Crippen LogP contribution in [0.15, 0.2) is 30.3 Å². The first-order valence-corrected chi connectivity index (χ1v) is 7.86. The standard InChI is InChI=1S/C13H21NO2S/c1-3-14(4-2)10-11-17(15,16)12-13-8-6-5-7-9-13/h5-9H,3-4,10-12H2,1-2H3. The van der Waals surface area contributed by atoms with Crippen molar-refractivity contribution in [3.63, 3.8) is 0 Å². The minimum Gasteiger partial charge on any atom is -0.303 e. The summed E-state index contributed by atoms with van der Waals surface area (Å²) in [4.78, 5) is 2.13. The van der Waals surface area contributed by atoms with Gasteiger partial charge < -0.3 is 4.90 Å². The molecule has 0 spiro atoms. The number of benzene rings is 1. The molecule has 4 heteroatoms. The van der Waals surface area contributed by atoms with Gasteiger partial charge >= 0.3 is 0 Å². The summed E-state index contributed by atoms with van der Waals surface area (Å²) in [5.74, 6) is 0.388. The first-order chi connectivity index (χ1) is 8.07. The molecule has 0 atom stereocenters. The maximum atomic E-state index is 11.9. The van der Waals surface area contributed by atoms with Crippen molar-refractivity contribution in [3.8, 4) is 0 Å². The molecule has 0 aromatic heterocycles. The number of sulfone groups is 1. The lowest BCUT2D eigenvalue weighted by molar-refractivity contribution is 0.321. The van der Waals surface area contributed by atoms with E-state index in [1.807, 2.05) is 44.2 Å². The first kappa shape index (κ1) is 14.2. The van der Waals surface area contributed by atoms with Crippen molar-refractivity contribution in [1.82, 2.24) is 4.90 Å². The quantitative estimate of drug-likeness (QED) is 0.747. The zero-order chi connectivity index (χ0) is 12.7. The Hall–Kier alpha value is -0.870. The zero-order valence-corrected chi connectivity index (χ0v) is 11.4. The Labute approximate surface area is 104 Å². The second kappa shape index (κ2) is 6.77. The SMILES string of the molecule is CCN(CC)CCS(=O)(=O)Cc1ccccc1. The van der Waals surface area contributed by atoms with Crippen LogP contribution in [0.1, 0.15) is 19.4 Å². The molecule has 3 nitrogen and oxygen atoms in total. The van der Waals surface area contributed by atoms with Gasteiger partial charge in [0.25, 0.3) is 0 Å². The lowest BCUT2D eigenvalue weighted by Crippen LogP contribution is -2.29. The number of nitrogens with zero attached hydrogens (tertiary/aromatic N) is 1. The molecule has 0 amide bonds. The van der Waals surface area contributed by atoms with Crippen LogP contribution < -0.4 is 0 Å². The van der Waals surface area contributed by atoms with Gasteiger partial charge in [-0.2, -0.15) is 0 Å². The van der Waals surface area contributed by atoms with Crippen molar-refractivity contribution >= 4 is 9.84 Å². The minimum atomic E-state index is -2.99. The molecule has 1 aromatic carbocycles. The van der Waals surface area contributed by atoms with Crippen molar-refractivity contribution in [2.75, 3.05) is 25.4 Å². The summed E-state index contributed by atoms with van der Waals surface area (Å²) in [5, 5.41) is 0.